The summed E-state index contributed by atoms with van der Waals surface area (Å²) in [5.41, 5.74) is 1.65. The monoisotopic (exact) mass is 204 g/mol. The number of hydrogen-bond acceptors (Lipinski definition) is 3. The molecule has 0 radical (unpaired) electrons. The lowest BCUT2D eigenvalue weighted by Gasteiger charge is -2.09. The summed E-state index contributed by atoms with van der Waals surface area (Å²) >= 11 is 0. The number of rotatable bonds is 2. The molecule has 0 saturated heterocycles. The van der Waals surface area contributed by atoms with E-state index in [9.17, 15) is 9.59 Å². The van der Waals surface area contributed by atoms with Crippen LogP contribution in [0.15, 0.2) is 4.42 Å². The Morgan fingerprint density at radius 1 is 1.27 bits per heavy atom. The first-order valence-corrected chi connectivity index (χ1v) is 5.45. The van der Waals surface area contributed by atoms with E-state index in [1.54, 1.807) is 0 Å². The lowest BCUT2D eigenvalue weighted by molar-refractivity contribution is 0.0967. The van der Waals surface area contributed by atoms with Gasteiger partial charge in [-0.15, -0.1) is 0 Å². The molecule has 1 fully saturated rings. The van der Waals surface area contributed by atoms with Crippen LogP contribution in [0.25, 0.3) is 0 Å². The van der Waals surface area contributed by atoms with Crippen LogP contribution in [0, 0.1) is 0 Å². The molecule has 3 nitrogen and oxygen atoms in total. The molecule has 0 bridgehead atoms. The Kier molecular flexibility index (Phi) is 1.81. The van der Waals surface area contributed by atoms with Gasteiger partial charge >= 0.3 is 0 Å². The average molecular weight is 204 g/mol. The molecular weight excluding hydrogens is 192 g/mol. The van der Waals surface area contributed by atoms with E-state index in [1.165, 1.54) is 0 Å². The molecule has 0 N–H and O–H groups in total. The summed E-state index contributed by atoms with van der Waals surface area (Å²) < 4.78 is 5.47. The van der Waals surface area contributed by atoms with E-state index in [0.29, 0.717) is 18.1 Å². The van der Waals surface area contributed by atoms with Gasteiger partial charge in [0.1, 0.15) is 5.76 Å². The fourth-order valence-electron chi connectivity index (χ4n) is 2.39. The van der Waals surface area contributed by atoms with Crippen LogP contribution in [0.2, 0.25) is 0 Å². The Labute approximate surface area is 87.5 Å². The molecule has 1 aromatic heterocycles. The maximum absolute atomic E-state index is 11.8. The average Bonchev–Trinajstić information content (AvgIpc) is 2.99. The van der Waals surface area contributed by atoms with Crippen molar-refractivity contribution in [3.63, 3.8) is 0 Å². The zero-order chi connectivity index (χ0) is 10.4. The van der Waals surface area contributed by atoms with Crippen LogP contribution in [-0.4, -0.2) is 12.1 Å². The standard InChI is InChI=1S/C12H12O3/c13-6-10-11(7-4-5-7)12-8(14)2-1-3-9(12)15-10/h6-7H,1-5H2. The number of aryl methyl sites for hydroxylation is 1. The minimum atomic E-state index is 0.162. The molecule has 3 heteroatoms. The highest BCUT2D eigenvalue weighted by Gasteiger charge is 2.36. The van der Waals surface area contributed by atoms with Crippen molar-refractivity contribution in [3.8, 4) is 0 Å². The van der Waals surface area contributed by atoms with Gasteiger partial charge < -0.3 is 4.42 Å². The topological polar surface area (TPSA) is 47.3 Å². The second kappa shape index (κ2) is 3.05. The number of ketones is 1. The molecule has 78 valence electrons. The van der Waals surface area contributed by atoms with Crippen LogP contribution in [0.4, 0.5) is 0 Å². The molecule has 3 rings (SSSR count). The first-order valence-electron chi connectivity index (χ1n) is 5.45. The summed E-state index contributed by atoms with van der Waals surface area (Å²) in [5.74, 6) is 1.71. The quantitative estimate of drug-likeness (QED) is 0.695. The van der Waals surface area contributed by atoms with E-state index < -0.39 is 0 Å². The van der Waals surface area contributed by atoms with Crippen molar-refractivity contribution < 1.29 is 14.0 Å². The van der Waals surface area contributed by atoms with E-state index in [1.807, 2.05) is 0 Å². The molecule has 2 aliphatic rings. The van der Waals surface area contributed by atoms with E-state index in [0.717, 1.165) is 48.9 Å². The van der Waals surface area contributed by atoms with Gasteiger partial charge in [0.05, 0.1) is 5.56 Å². The number of fused-ring (bicyclic) bond motifs is 1. The van der Waals surface area contributed by atoms with Crippen molar-refractivity contribution in [1.29, 1.82) is 0 Å². The van der Waals surface area contributed by atoms with Crippen molar-refractivity contribution in [2.24, 2.45) is 0 Å². The molecule has 0 unspecified atom stereocenters. The predicted octanol–water partition coefficient (Wildman–Crippen LogP) is 2.49. The predicted molar refractivity (Wildman–Crippen MR) is 53.3 cm³/mol. The number of furan rings is 1. The number of carbonyl (C=O) groups is 2. The number of hydrogen-bond donors (Lipinski definition) is 0. The van der Waals surface area contributed by atoms with Crippen molar-refractivity contribution in [2.75, 3.05) is 0 Å². The Hall–Kier alpha value is -1.38. The molecule has 1 aromatic rings. The van der Waals surface area contributed by atoms with Crippen LogP contribution >= 0.6 is 0 Å². The van der Waals surface area contributed by atoms with Crippen LogP contribution in [0.5, 0.6) is 0 Å². The first-order chi connectivity index (χ1) is 7.31. The summed E-state index contributed by atoms with van der Waals surface area (Å²) in [7, 11) is 0. The fraction of sp³-hybridized carbons (Fsp3) is 0.500. The van der Waals surface area contributed by atoms with Crippen molar-refractivity contribution in [2.45, 2.75) is 38.0 Å². The maximum atomic E-state index is 11.8. The zero-order valence-electron chi connectivity index (χ0n) is 8.41. The van der Waals surface area contributed by atoms with Gasteiger partial charge in [-0.2, -0.15) is 0 Å². The molecule has 0 aliphatic heterocycles. The minimum Gasteiger partial charge on any atom is -0.457 e. The van der Waals surface area contributed by atoms with E-state index >= 15 is 0 Å². The summed E-state index contributed by atoms with van der Waals surface area (Å²) in [6, 6.07) is 0. The highest BCUT2D eigenvalue weighted by molar-refractivity contribution is 6.01. The molecule has 0 atom stereocenters. The molecule has 0 spiro atoms. The Morgan fingerprint density at radius 3 is 2.73 bits per heavy atom. The van der Waals surface area contributed by atoms with Gasteiger partial charge in [-0.25, -0.2) is 0 Å². The molecule has 2 aliphatic carbocycles. The lowest BCUT2D eigenvalue weighted by Crippen LogP contribution is -2.10. The van der Waals surface area contributed by atoms with Crippen LogP contribution < -0.4 is 0 Å². The Morgan fingerprint density at radius 2 is 2.07 bits per heavy atom. The van der Waals surface area contributed by atoms with Gasteiger partial charge in [0.25, 0.3) is 0 Å². The Bertz CT molecular complexity index is 438. The molecule has 0 amide bonds. The van der Waals surface area contributed by atoms with Gasteiger partial charge in [0.2, 0.25) is 0 Å². The smallest absolute Gasteiger partial charge is 0.185 e. The van der Waals surface area contributed by atoms with Crippen molar-refractivity contribution in [3.05, 3.63) is 22.6 Å². The molecule has 15 heavy (non-hydrogen) atoms. The van der Waals surface area contributed by atoms with Crippen LogP contribution in [-0.2, 0) is 6.42 Å². The number of aldehydes is 1. The minimum absolute atomic E-state index is 0.162. The van der Waals surface area contributed by atoms with Gasteiger partial charge in [-0.05, 0) is 25.2 Å². The summed E-state index contributed by atoms with van der Waals surface area (Å²) in [4.78, 5) is 22.7. The lowest BCUT2D eigenvalue weighted by atomic mass is 9.91. The summed E-state index contributed by atoms with van der Waals surface area (Å²) in [5, 5.41) is 0. The van der Waals surface area contributed by atoms with E-state index in [-0.39, 0.29) is 5.78 Å². The maximum Gasteiger partial charge on any atom is 0.185 e. The van der Waals surface area contributed by atoms with Crippen molar-refractivity contribution in [1.82, 2.24) is 0 Å². The number of carbonyl (C=O) groups excluding carboxylic acids is 2. The highest BCUT2D eigenvalue weighted by atomic mass is 16.3. The summed E-state index contributed by atoms with van der Waals surface area (Å²) in [6.45, 7) is 0. The molecule has 1 heterocycles. The van der Waals surface area contributed by atoms with Crippen LogP contribution in [0.1, 0.15) is 63.8 Å². The SMILES string of the molecule is O=Cc1oc2c(c1C1CC1)C(=O)CCC2. The second-order valence-corrected chi connectivity index (χ2v) is 4.35. The van der Waals surface area contributed by atoms with E-state index in [4.69, 9.17) is 4.42 Å². The third kappa shape index (κ3) is 1.26. The fourth-order valence-corrected chi connectivity index (χ4v) is 2.39. The summed E-state index contributed by atoms with van der Waals surface area (Å²) in [6.07, 6.45) is 5.17. The largest absolute Gasteiger partial charge is 0.457 e. The van der Waals surface area contributed by atoms with Gasteiger partial charge in [-0.3, -0.25) is 9.59 Å². The van der Waals surface area contributed by atoms with Gasteiger partial charge in [0.15, 0.2) is 17.8 Å². The van der Waals surface area contributed by atoms with E-state index in [2.05, 4.69) is 0 Å². The van der Waals surface area contributed by atoms with Gasteiger partial charge in [-0.1, -0.05) is 0 Å². The highest BCUT2D eigenvalue weighted by Crippen LogP contribution is 2.46. The normalized spacial score (nSPS) is 20.1. The zero-order valence-corrected chi connectivity index (χ0v) is 8.41. The Balaban J connectivity index is 2.20. The molecular formula is C12H12O3. The van der Waals surface area contributed by atoms with Crippen molar-refractivity contribution >= 4 is 12.1 Å². The number of Topliss-reactive ketones (excluding diaryl/α,β-unsaturated/α-hetero) is 1. The first kappa shape index (κ1) is 8.89. The molecule has 1 saturated carbocycles. The second-order valence-electron chi connectivity index (χ2n) is 4.35. The molecule has 0 aromatic carbocycles. The van der Waals surface area contributed by atoms with Crippen LogP contribution in [0.3, 0.4) is 0 Å². The third-order valence-corrected chi connectivity index (χ3v) is 3.23. The third-order valence-electron chi connectivity index (χ3n) is 3.23. The van der Waals surface area contributed by atoms with Gasteiger partial charge in [0, 0.05) is 18.4 Å².